The number of aromatic nitrogens is 3. The molecule has 0 atom stereocenters. The molecule has 0 spiro atoms. The standard InChI is InChI=1S/C14H14Cl2N4O/c1-9-4-5-10(15)8-11(9)21-14-18-12(16)17-13(19-14)20-6-2-3-7-20/h4-5,8H,2-3,6-7H2,1H3. The average molecular weight is 325 g/mol. The highest BCUT2D eigenvalue weighted by molar-refractivity contribution is 6.30. The van der Waals surface area contributed by atoms with Gasteiger partial charge in [0.25, 0.3) is 0 Å². The second-order valence-corrected chi connectivity index (χ2v) is 5.67. The fourth-order valence-corrected chi connectivity index (χ4v) is 2.52. The molecule has 1 aliphatic rings. The predicted molar refractivity (Wildman–Crippen MR) is 82.5 cm³/mol. The topological polar surface area (TPSA) is 51.1 Å². The van der Waals surface area contributed by atoms with E-state index in [1.165, 1.54) is 0 Å². The van der Waals surface area contributed by atoms with Crippen molar-refractivity contribution in [1.82, 2.24) is 15.0 Å². The van der Waals surface area contributed by atoms with Crippen molar-refractivity contribution in [3.05, 3.63) is 34.1 Å². The fourth-order valence-electron chi connectivity index (χ4n) is 2.21. The van der Waals surface area contributed by atoms with Crippen molar-refractivity contribution in [2.75, 3.05) is 18.0 Å². The van der Waals surface area contributed by atoms with Gasteiger partial charge in [-0.2, -0.15) is 15.0 Å². The number of rotatable bonds is 3. The van der Waals surface area contributed by atoms with Gasteiger partial charge in [-0.15, -0.1) is 0 Å². The minimum atomic E-state index is 0.126. The van der Waals surface area contributed by atoms with Gasteiger partial charge in [-0.1, -0.05) is 17.7 Å². The van der Waals surface area contributed by atoms with Crippen molar-refractivity contribution in [3.63, 3.8) is 0 Å². The van der Waals surface area contributed by atoms with Gasteiger partial charge in [-0.05, 0) is 49.1 Å². The largest absolute Gasteiger partial charge is 0.424 e. The zero-order valence-electron chi connectivity index (χ0n) is 11.5. The van der Waals surface area contributed by atoms with Crippen LogP contribution in [0.2, 0.25) is 10.3 Å². The molecule has 3 rings (SSSR count). The molecule has 21 heavy (non-hydrogen) atoms. The summed E-state index contributed by atoms with van der Waals surface area (Å²) in [5, 5.41) is 0.720. The van der Waals surface area contributed by atoms with Crippen molar-refractivity contribution in [2.45, 2.75) is 19.8 Å². The van der Waals surface area contributed by atoms with E-state index in [9.17, 15) is 0 Å². The predicted octanol–water partition coefficient (Wildman–Crippen LogP) is 3.88. The number of anilines is 1. The normalized spacial score (nSPS) is 14.5. The van der Waals surface area contributed by atoms with E-state index in [-0.39, 0.29) is 11.3 Å². The number of hydrogen-bond acceptors (Lipinski definition) is 5. The van der Waals surface area contributed by atoms with Crippen LogP contribution >= 0.6 is 23.2 Å². The summed E-state index contributed by atoms with van der Waals surface area (Å²) in [6.07, 6.45) is 2.26. The summed E-state index contributed by atoms with van der Waals surface area (Å²) >= 11 is 12.0. The minimum Gasteiger partial charge on any atom is -0.424 e. The zero-order valence-corrected chi connectivity index (χ0v) is 13.0. The Kier molecular flexibility index (Phi) is 4.12. The Hall–Kier alpha value is -1.59. The lowest BCUT2D eigenvalue weighted by molar-refractivity contribution is 0.436. The number of benzene rings is 1. The molecule has 0 unspecified atom stereocenters. The SMILES string of the molecule is Cc1ccc(Cl)cc1Oc1nc(Cl)nc(N2CCCC2)n1. The summed E-state index contributed by atoms with van der Waals surface area (Å²) in [5.74, 6) is 1.17. The van der Waals surface area contributed by atoms with Gasteiger partial charge in [-0.3, -0.25) is 0 Å². The minimum absolute atomic E-state index is 0.126. The Morgan fingerprint density at radius 1 is 1.10 bits per heavy atom. The van der Waals surface area contributed by atoms with E-state index in [4.69, 9.17) is 27.9 Å². The van der Waals surface area contributed by atoms with Crippen LogP contribution in [-0.4, -0.2) is 28.0 Å². The van der Waals surface area contributed by atoms with E-state index >= 15 is 0 Å². The smallest absolute Gasteiger partial charge is 0.328 e. The first-order valence-electron chi connectivity index (χ1n) is 6.72. The molecule has 0 aliphatic carbocycles. The van der Waals surface area contributed by atoms with Crippen molar-refractivity contribution < 1.29 is 4.74 Å². The summed E-state index contributed by atoms with van der Waals surface area (Å²) in [7, 11) is 0. The van der Waals surface area contributed by atoms with E-state index in [0.717, 1.165) is 31.5 Å². The van der Waals surface area contributed by atoms with Gasteiger partial charge in [0.2, 0.25) is 11.2 Å². The van der Waals surface area contributed by atoms with Crippen molar-refractivity contribution in [3.8, 4) is 11.8 Å². The summed E-state index contributed by atoms with van der Waals surface area (Å²) < 4.78 is 5.71. The number of nitrogens with zero attached hydrogens (tertiary/aromatic N) is 4. The first-order chi connectivity index (χ1) is 10.1. The van der Waals surface area contributed by atoms with Gasteiger partial charge in [-0.25, -0.2) is 0 Å². The maximum atomic E-state index is 5.98. The summed E-state index contributed by atoms with van der Waals surface area (Å²) in [6, 6.07) is 5.59. The molecule has 5 nitrogen and oxygen atoms in total. The van der Waals surface area contributed by atoms with Crippen LogP contribution < -0.4 is 9.64 Å². The van der Waals surface area contributed by atoms with E-state index in [0.29, 0.717) is 16.7 Å². The van der Waals surface area contributed by atoms with Crippen LogP contribution in [0.3, 0.4) is 0 Å². The van der Waals surface area contributed by atoms with Crippen LogP contribution in [0, 0.1) is 6.92 Å². The Bertz CT molecular complexity index is 659. The van der Waals surface area contributed by atoms with Crippen molar-refractivity contribution in [1.29, 1.82) is 0 Å². The lowest BCUT2D eigenvalue weighted by atomic mass is 10.2. The highest BCUT2D eigenvalue weighted by atomic mass is 35.5. The van der Waals surface area contributed by atoms with Gasteiger partial charge >= 0.3 is 6.01 Å². The fraction of sp³-hybridized carbons (Fsp3) is 0.357. The monoisotopic (exact) mass is 324 g/mol. The molecule has 0 saturated carbocycles. The molecular weight excluding hydrogens is 311 g/mol. The van der Waals surface area contributed by atoms with E-state index in [1.54, 1.807) is 12.1 Å². The van der Waals surface area contributed by atoms with Gasteiger partial charge in [0.1, 0.15) is 5.75 Å². The van der Waals surface area contributed by atoms with Crippen molar-refractivity contribution in [2.24, 2.45) is 0 Å². The molecule has 110 valence electrons. The van der Waals surface area contributed by atoms with Crippen molar-refractivity contribution >= 4 is 29.2 Å². The third-order valence-corrected chi connectivity index (χ3v) is 3.72. The van der Waals surface area contributed by atoms with E-state index in [2.05, 4.69) is 19.9 Å². The molecule has 1 aromatic heterocycles. The summed E-state index contributed by atoms with van der Waals surface area (Å²) in [5.41, 5.74) is 0.943. The number of hydrogen-bond donors (Lipinski definition) is 0. The zero-order chi connectivity index (χ0) is 14.8. The molecule has 0 N–H and O–H groups in total. The maximum Gasteiger partial charge on any atom is 0.328 e. The number of ether oxygens (including phenoxy) is 1. The van der Waals surface area contributed by atoms with Crippen LogP contribution in [0.1, 0.15) is 18.4 Å². The molecule has 0 bridgehead atoms. The molecule has 1 aliphatic heterocycles. The first kappa shape index (κ1) is 14.4. The molecule has 0 amide bonds. The summed E-state index contributed by atoms with van der Waals surface area (Å²) in [6.45, 7) is 3.78. The van der Waals surface area contributed by atoms with Gasteiger partial charge in [0, 0.05) is 18.1 Å². The molecule has 7 heteroatoms. The summed E-state index contributed by atoms with van der Waals surface area (Å²) in [4.78, 5) is 14.6. The molecule has 2 heterocycles. The van der Waals surface area contributed by atoms with E-state index in [1.807, 2.05) is 13.0 Å². The third kappa shape index (κ3) is 3.36. The highest BCUT2D eigenvalue weighted by Gasteiger charge is 2.18. The van der Waals surface area contributed by atoms with E-state index < -0.39 is 0 Å². The molecule has 0 radical (unpaired) electrons. The third-order valence-electron chi connectivity index (χ3n) is 3.32. The maximum absolute atomic E-state index is 5.98. The number of aryl methyl sites for hydroxylation is 1. The highest BCUT2D eigenvalue weighted by Crippen LogP contribution is 2.27. The molecular formula is C14H14Cl2N4O. The van der Waals surface area contributed by atoms with Crippen LogP contribution in [-0.2, 0) is 0 Å². The number of halogens is 2. The lowest BCUT2D eigenvalue weighted by Crippen LogP contribution is -2.21. The van der Waals surface area contributed by atoms with Crippen LogP contribution in [0.4, 0.5) is 5.95 Å². The molecule has 1 aromatic carbocycles. The Morgan fingerprint density at radius 3 is 2.62 bits per heavy atom. The molecule has 2 aromatic rings. The molecule has 1 fully saturated rings. The second-order valence-electron chi connectivity index (χ2n) is 4.89. The Labute approximate surface area is 132 Å². The second kappa shape index (κ2) is 6.03. The van der Waals surface area contributed by atoms with Gasteiger partial charge < -0.3 is 9.64 Å². The van der Waals surface area contributed by atoms with Crippen LogP contribution in [0.25, 0.3) is 0 Å². The van der Waals surface area contributed by atoms with Crippen LogP contribution in [0.5, 0.6) is 11.8 Å². The van der Waals surface area contributed by atoms with Gasteiger partial charge in [0.05, 0.1) is 0 Å². The van der Waals surface area contributed by atoms with Crippen LogP contribution in [0.15, 0.2) is 18.2 Å². The average Bonchev–Trinajstić information content (AvgIpc) is 2.96. The Morgan fingerprint density at radius 2 is 1.86 bits per heavy atom. The van der Waals surface area contributed by atoms with Gasteiger partial charge in [0.15, 0.2) is 0 Å². The lowest BCUT2D eigenvalue weighted by Gasteiger charge is -2.15. The Balaban J connectivity index is 1.89. The quantitative estimate of drug-likeness (QED) is 0.857. The first-order valence-corrected chi connectivity index (χ1v) is 7.48. The molecule has 1 saturated heterocycles.